The van der Waals surface area contributed by atoms with E-state index in [0.717, 1.165) is 16.0 Å². The number of benzene rings is 1. The van der Waals surface area contributed by atoms with Gasteiger partial charge in [-0.25, -0.2) is 0 Å². The van der Waals surface area contributed by atoms with E-state index in [0.29, 0.717) is 24.0 Å². The molecule has 0 saturated carbocycles. The normalized spacial score (nSPS) is 12.0. The molecule has 1 amide bonds. The number of carbonyl (C=O) groups is 1. The van der Waals surface area contributed by atoms with Crippen molar-refractivity contribution in [2.45, 2.75) is 40.3 Å². The van der Waals surface area contributed by atoms with E-state index in [1.807, 2.05) is 50.4 Å². The van der Waals surface area contributed by atoms with Gasteiger partial charge in [0.1, 0.15) is 12.3 Å². The zero-order chi connectivity index (χ0) is 19.4. The summed E-state index contributed by atoms with van der Waals surface area (Å²) in [7, 11) is 0. The Kier molecular flexibility index (Phi) is 5.91. The van der Waals surface area contributed by atoms with Crippen LogP contribution in [0.4, 0.5) is 0 Å². The second kappa shape index (κ2) is 8.35. The third-order valence-corrected chi connectivity index (χ3v) is 4.95. The van der Waals surface area contributed by atoms with Crippen molar-refractivity contribution in [3.63, 3.8) is 0 Å². The zero-order valence-corrected chi connectivity index (χ0v) is 16.7. The Morgan fingerprint density at radius 2 is 2.04 bits per heavy atom. The van der Waals surface area contributed by atoms with Gasteiger partial charge in [-0.15, -0.1) is 11.3 Å². The molecule has 142 valence electrons. The largest absolute Gasteiger partial charge is 0.481 e. The molecule has 1 atom stereocenters. The fourth-order valence-electron chi connectivity index (χ4n) is 2.85. The molecule has 0 aliphatic rings. The van der Waals surface area contributed by atoms with Crippen molar-refractivity contribution in [3.05, 3.63) is 52.7 Å². The first kappa shape index (κ1) is 19.1. The molecule has 0 N–H and O–H groups in total. The highest BCUT2D eigenvalue weighted by atomic mass is 32.1. The van der Waals surface area contributed by atoms with Crippen molar-refractivity contribution >= 4 is 17.2 Å². The van der Waals surface area contributed by atoms with Crippen LogP contribution in [0.15, 0.2) is 40.2 Å². The first-order valence-electron chi connectivity index (χ1n) is 8.86. The molecule has 0 spiro atoms. The molecular formula is C20H23N3O3S. The lowest BCUT2D eigenvalue weighted by atomic mass is 10.1. The number of rotatable bonds is 7. The summed E-state index contributed by atoms with van der Waals surface area (Å²) in [4.78, 5) is 19.8. The van der Waals surface area contributed by atoms with Crippen molar-refractivity contribution in [3.8, 4) is 16.5 Å². The topological polar surface area (TPSA) is 68.5 Å². The van der Waals surface area contributed by atoms with Gasteiger partial charge in [-0.2, -0.15) is 4.98 Å². The van der Waals surface area contributed by atoms with E-state index in [9.17, 15) is 4.79 Å². The molecule has 1 aromatic carbocycles. The number of aryl methyl sites for hydroxylation is 2. The van der Waals surface area contributed by atoms with Crippen LogP contribution in [0, 0.1) is 13.8 Å². The summed E-state index contributed by atoms with van der Waals surface area (Å²) in [6.07, 6.45) is -0.606. The van der Waals surface area contributed by atoms with Crippen LogP contribution in [0.5, 0.6) is 5.75 Å². The molecular weight excluding hydrogens is 362 g/mol. The number of ether oxygens (including phenoxy) is 1. The second-order valence-electron chi connectivity index (χ2n) is 6.42. The third-order valence-electron chi connectivity index (χ3n) is 4.08. The lowest BCUT2D eigenvalue weighted by Crippen LogP contribution is -2.40. The SMILES string of the molecule is CCN(Cc1nc(-c2cccs2)no1)C(=O)[C@@H](C)Oc1cc(C)cc(C)c1. The molecule has 6 nitrogen and oxygen atoms in total. The number of thiophene rings is 1. The highest BCUT2D eigenvalue weighted by molar-refractivity contribution is 7.13. The van der Waals surface area contributed by atoms with E-state index >= 15 is 0 Å². The van der Waals surface area contributed by atoms with Crippen LogP contribution in [0.25, 0.3) is 10.7 Å². The van der Waals surface area contributed by atoms with Gasteiger partial charge in [0.2, 0.25) is 11.7 Å². The van der Waals surface area contributed by atoms with E-state index in [-0.39, 0.29) is 12.5 Å². The summed E-state index contributed by atoms with van der Waals surface area (Å²) in [5.41, 5.74) is 2.20. The quantitative estimate of drug-likeness (QED) is 0.609. The smallest absolute Gasteiger partial charge is 0.263 e. The molecule has 3 rings (SSSR count). The first-order valence-corrected chi connectivity index (χ1v) is 9.74. The number of nitrogens with zero attached hydrogens (tertiary/aromatic N) is 3. The number of hydrogen-bond donors (Lipinski definition) is 0. The molecule has 0 bridgehead atoms. The predicted octanol–water partition coefficient (Wildman–Crippen LogP) is 4.23. The minimum Gasteiger partial charge on any atom is -0.481 e. The maximum absolute atomic E-state index is 12.8. The van der Waals surface area contributed by atoms with Crippen molar-refractivity contribution < 1.29 is 14.1 Å². The lowest BCUT2D eigenvalue weighted by Gasteiger charge is -2.23. The van der Waals surface area contributed by atoms with Gasteiger partial charge in [-0.1, -0.05) is 17.3 Å². The fourth-order valence-corrected chi connectivity index (χ4v) is 3.50. The Bertz CT molecular complexity index is 885. The molecule has 0 radical (unpaired) electrons. The zero-order valence-electron chi connectivity index (χ0n) is 15.9. The molecule has 27 heavy (non-hydrogen) atoms. The Hall–Kier alpha value is -2.67. The maximum Gasteiger partial charge on any atom is 0.263 e. The summed E-state index contributed by atoms with van der Waals surface area (Å²) in [6.45, 7) is 8.47. The lowest BCUT2D eigenvalue weighted by molar-refractivity contribution is -0.138. The molecule has 0 aliphatic heterocycles. The molecule has 0 saturated heterocycles. The molecule has 7 heteroatoms. The van der Waals surface area contributed by atoms with E-state index in [4.69, 9.17) is 9.26 Å². The van der Waals surface area contributed by atoms with Crippen molar-refractivity contribution in [1.82, 2.24) is 15.0 Å². The Morgan fingerprint density at radius 3 is 2.67 bits per heavy atom. The van der Waals surface area contributed by atoms with Gasteiger partial charge < -0.3 is 14.2 Å². The summed E-state index contributed by atoms with van der Waals surface area (Å²) in [5.74, 6) is 1.53. The monoisotopic (exact) mass is 385 g/mol. The maximum atomic E-state index is 12.8. The Morgan fingerprint density at radius 1 is 1.30 bits per heavy atom. The van der Waals surface area contributed by atoms with Crippen LogP contribution in [-0.2, 0) is 11.3 Å². The van der Waals surface area contributed by atoms with Crippen LogP contribution < -0.4 is 4.74 Å². The van der Waals surface area contributed by atoms with Crippen LogP contribution >= 0.6 is 11.3 Å². The number of carbonyl (C=O) groups excluding carboxylic acids is 1. The van der Waals surface area contributed by atoms with Crippen LogP contribution in [0.2, 0.25) is 0 Å². The van der Waals surface area contributed by atoms with Crippen LogP contribution in [0.1, 0.15) is 30.9 Å². The Balaban J connectivity index is 1.66. The molecule has 0 unspecified atom stereocenters. The van der Waals surface area contributed by atoms with Crippen molar-refractivity contribution in [1.29, 1.82) is 0 Å². The highest BCUT2D eigenvalue weighted by Crippen LogP contribution is 2.22. The van der Waals surface area contributed by atoms with Gasteiger partial charge in [0.15, 0.2) is 6.10 Å². The predicted molar refractivity (Wildman–Crippen MR) is 105 cm³/mol. The summed E-state index contributed by atoms with van der Waals surface area (Å²) >= 11 is 1.54. The molecule has 3 aromatic rings. The molecule has 0 fully saturated rings. The van der Waals surface area contributed by atoms with Gasteiger partial charge in [-0.3, -0.25) is 4.79 Å². The first-order chi connectivity index (χ1) is 13.0. The molecule has 2 heterocycles. The van der Waals surface area contributed by atoms with Gasteiger partial charge in [0.05, 0.1) is 4.88 Å². The molecule has 2 aromatic heterocycles. The van der Waals surface area contributed by atoms with E-state index < -0.39 is 6.10 Å². The van der Waals surface area contributed by atoms with Crippen LogP contribution in [0.3, 0.4) is 0 Å². The van der Waals surface area contributed by atoms with Gasteiger partial charge in [-0.05, 0) is 62.4 Å². The van der Waals surface area contributed by atoms with Crippen LogP contribution in [-0.4, -0.2) is 33.6 Å². The van der Waals surface area contributed by atoms with Gasteiger partial charge in [0, 0.05) is 6.54 Å². The van der Waals surface area contributed by atoms with E-state index in [1.54, 1.807) is 23.2 Å². The standard InChI is InChI=1S/C20H23N3O3S/c1-5-23(12-18-21-19(22-26-18)17-7-6-8-27-17)20(24)15(4)25-16-10-13(2)9-14(3)11-16/h6-11,15H,5,12H2,1-4H3/t15-/m1/s1. The van der Waals surface area contributed by atoms with E-state index in [1.165, 1.54) is 0 Å². The number of aromatic nitrogens is 2. The summed E-state index contributed by atoms with van der Waals surface area (Å²) in [5, 5.41) is 5.95. The van der Waals surface area contributed by atoms with E-state index in [2.05, 4.69) is 16.2 Å². The number of likely N-dealkylation sites (N-methyl/N-ethyl adjacent to an activating group) is 1. The van der Waals surface area contributed by atoms with Crippen molar-refractivity contribution in [2.75, 3.05) is 6.54 Å². The van der Waals surface area contributed by atoms with Crippen molar-refractivity contribution in [2.24, 2.45) is 0 Å². The second-order valence-corrected chi connectivity index (χ2v) is 7.37. The average Bonchev–Trinajstić information content (AvgIpc) is 3.29. The minimum absolute atomic E-state index is 0.118. The average molecular weight is 385 g/mol. The minimum atomic E-state index is -0.606. The Labute approximate surface area is 162 Å². The third kappa shape index (κ3) is 4.74. The van der Waals surface area contributed by atoms with Gasteiger partial charge in [0.25, 0.3) is 5.91 Å². The highest BCUT2D eigenvalue weighted by Gasteiger charge is 2.23. The fraction of sp³-hybridized carbons (Fsp3) is 0.350. The number of hydrogen-bond acceptors (Lipinski definition) is 6. The molecule has 0 aliphatic carbocycles. The summed E-state index contributed by atoms with van der Waals surface area (Å²) in [6, 6.07) is 9.79. The number of amides is 1. The van der Waals surface area contributed by atoms with Gasteiger partial charge >= 0.3 is 0 Å². The summed E-state index contributed by atoms with van der Waals surface area (Å²) < 4.78 is 11.2.